The molecule has 0 saturated heterocycles. The average Bonchev–Trinajstić information content (AvgIpc) is 3.50. The number of para-hydroxylation sites is 1. The van der Waals surface area contributed by atoms with Gasteiger partial charge in [-0.3, -0.25) is 0 Å². The molecular formula is C36H28FN2O2+. The van der Waals surface area contributed by atoms with E-state index in [0.29, 0.717) is 27.9 Å². The van der Waals surface area contributed by atoms with Crippen LogP contribution in [-0.2, 0) is 12.5 Å². The molecule has 0 aliphatic carbocycles. The molecule has 41 heavy (non-hydrogen) atoms. The SMILES string of the molecule is Cc1ccc2c(oc3c(-c4ccc5c(c4)oc4ccccc45)c(C#N)ccc32)c1-c1cc(F)c(C(C)(C)C)c[n+]1C. The number of halogens is 1. The summed E-state index contributed by atoms with van der Waals surface area (Å²) in [7, 11) is 1.94. The summed E-state index contributed by atoms with van der Waals surface area (Å²) in [6, 6.07) is 25.8. The van der Waals surface area contributed by atoms with E-state index in [1.807, 2.05) is 112 Å². The monoisotopic (exact) mass is 539 g/mol. The van der Waals surface area contributed by atoms with Crippen molar-refractivity contribution in [2.75, 3.05) is 0 Å². The standard InChI is InChI=1S/C36H28FN2O2/c1-20-10-13-25-26-15-12-22(18-38)33(21-11-14-24-23-8-6-7-9-30(23)40-31(24)16-21)35(26)41-34(25)32(20)29-17-28(37)27(19-39(29)5)36(2,3)4/h6-17,19H,1-5H3/q+1. The van der Waals surface area contributed by atoms with Gasteiger partial charge in [0.25, 0.3) is 0 Å². The molecule has 200 valence electrons. The first-order valence-corrected chi connectivity index (χ1v) is 13.7. The number of nitrogens with zero attached hydrogens (tertiary/aromatic N) is 2. The van der Waals surface area contributed by atoms with Gasteiger partial charge in [0.15, 0.2) is 6.20 Å². The lowest BCUT2D eigenvalue weighted by molar-refractivity contribution is -0.661. The highest BCUT2D eigenvalue weighted by Crippen LogP contribution is 2.43. The van der Waals surface area contributed by atoms with E-state index in [-0.39, 0.29) is 11.2 Å². The molecule has 0 fully saturated rings. The summed E-state index contributed by atoms with van der Waals surface area (Å²) in [5.41, 5.74) is 7.77. The number of benzene rings is 4. The van der Waals surface area contributed by atoms with E-state index in [2.05, 4.69) is 6.07 Å². The molecule has 0 spiro atoms. The van der Waals surface area contributed by atoms with Gasteiger partial charge in [0, 0.05) is 33.2 Å². The van der Waals surface area contributed by atoms with Crippen LogP contribution in [0.15, 0.2) is 87.8 Å². The molecule has 3 aromatic heterocycles. The number of aryl methyl sites for hydroxylation is 2. The first kappa shape index (κ1) is 25.0. The Morgan fingerprint density at radius 1 is 0.780 bits per heavy atom. The molecule has 4 aromatic carbocycles. The predicted octanol–water partition coefficient (Wildman–Crippen LogP) is 9.26. The number of pyridine rings is 1. The van der Waals surface area contributed by atoms with Gasteiger partial charge in [-0.15, -0.1) is 0 Å². The molecule has 0 saturated carbocycles. The van der Waals surface area contributed by atoms with Crippen LogP contribution < -0.4 is 4.57 Å². The summed E-state index contributed by atoms with van der Waals surface area (Å²) in [6.45, 7) is 8.03. The maximum atomic E-state index is 15.4. The van der Waals surface area contributed by atoms with Crippen LogP contribution in [0.4, 0.5) is 4.39 Å². The largest absolute Gasteiger partial charge is 0.456 e. The number of rotatable bonds is 2. The van der Waals surface area contributed by atoms with Crippen LogP contribution in [0.25, 0.3) is 66.3 Å². The quantitative estimate of drug-likeness (QED) is 0.206. The highest BCUT2D eigenvalue weighted by molar-refractivity contribution is 6.14. The third kappa shape index (κ3) is 3.75. The summed E-state index contributed by atoms with van der Waals surface area (Å²) in [5, 5.41) is 14.0. The molecule has 3 heterocycles. The molecule has 0 atom stereocenters. The topological polar surface area (TPSA) is 54.0 Å². The van der Waals surface area contributed by atoms with E-state index in [4.69, 9.17) is 8.83 Å². The number of aromatic nitrogens is 1. The van der Waals surface area contributed by atoms with Crippen LogP contribution in [0.5, 0.6) is 0 Å². The third-order valence-corrected chi connectivity index (χ3v) is 8.09. The highest BCUT2D eigenvalue weighted by Gasteiger charge is 2.28. The number of furan rings is 2. The molecule has 0 aliphatic heterocycles. The van der Waals surface area contributed by atoms with Gasteiger partial charge in [0.1, 0.15) is 35.2 Å². The molecule has 0 unspecified atom stereocenters. The summed E-state index contributed by atoms with van der Waals surface area (Å²) in [6.07, 6.45) is 1.87. The van der Waals surface area contributed by atoms with Crippen LogP contribution in [-0.4, -0.2) is 0 Å². The van der Waals surface area contributed by atoms with Crippen molar-refractivity contribution < 1.29 is 17.8 Å². The van der Waals surface area contributed by atoms with Crippen LogP contribution in [0.2, 0.25) is 0 Å². The van der Waals surface area contributed by atoms with Gasteiger partial charge in [0.2, 0.25) is 5.69 Å². The van der Waals surface area contributed by atoms with Gasteiger partial charge >= 0.3 is 0 Å². The maximum absolute atomic E-state index is 15.4. The Labute approximate surface area is 236 Å². The normalized spacial score (nSPS) is 12.1. The highest BCUT2D eigenvalue weighted by atomic mass is 19.1. The van der Waals surface area contributed by atoms with Gasteiger partial charge in [-0.2, -0.15) is 5.26 Å². The third-order valence-electron chi connectivity index (χ3n) is 8.09. The van der Waals surface area contributed by atoms with Gasteiger partial charge in [-0.25, -0.2) is 8.96 Å². The minimum Gasteiger partial charge on any atom is -0.456 e. The van der Waals surface area contributed by atoms with Gasteiger partial charge < -0.3 is 8.83 Å². The Balaban J connectivity index is 1.51. The maximum Gasteiger partial charge on any atom is 0.219 e. The fourth-order valence-corrected chi connectivity index (χ4v) is 6.01. The molecule has 0 N–H and O–H groups in total. The van der Waals surface area contributed by atoms with Crippen molar-refractivity contribution in [3.8, 4) is 28.5 Å². The Morgan fingerprint density at radius 3 is 2.22 bits per heavy atom. The number of hydrogen-bond donors (Lipinski definition) is 0. The first-order chi connectivity index (χ1) is 19.7. The average molecular weight is 540 g/mol. The molecule has 7 rings (SSSR count). The molecule has 0 radical (unpaired) electrons. The van der Waals surface area contributed by atoms with Gasteiger partial charge in [0.05, 0.1) is 22.8 Å². The molecule has 0 amide bonds. The molecule has 0 bridgehead atoms. The number of fused-ring (bicyclic) bond motifs is 6. The smallest absolute Gasteiger partial charge is 0.219 e. The van der Waals surface area contributed by atoms with Crippen molar-refractivity contribution in [1.82, 2.24) is 0 Å². The lowest BCUT2D eigenvalue weighted by Gasteiger charge is -2.18. The van der Waals surface area contributed by atoms with E-state index in [9.17, 15) is 5.26 Å². The first-order valence-electron chi connectivity index (χ1n) is 13.7. The lowest BCUT2D eigenvalue weighted by Crippen LogP contribution is -2.34. The zero-order valence-corrected chi connectivity index (χ0v) is 23.6. The summed E-state index contributed by atoms with van der Waals surface area (Å²) in [4.78, 5) is 0. The molecular weight excluding hydrogens is 511 g/mol. The van der Waals surface area contributed by atoms with Crippen LogP contribution >= 0.6 is 0 Å². The summed E-state index contributed by atoms with van der Waals surface area (Å²) in [5.74, 6) is -0.246. The Bertz CT molecular complexity index is 2240. The van der Waals surface area contributed by atoms with Gasteiger partial charge in [-0.1, -0.05) is 57.2 Å². The summed E-state index contributed by atoms with van der Waals surface area (Å²) >= 11 is 0. The van der Waals surface area contributed by atoms with E-state index >= 15 is 4.39 Å². The lowest BCUT2D eigenvalue weighted by atomic mass is 9.87. The second-order valence-electron chi connectivity index (χ2n) is 11.8. The van der Waals surface area contributed by atoms with E-state index < -0.39 is 0 Å². The molecule has 5 heteroatoms. The van der Waals surface area contributed by atoms with E-state index in [0.717, 1.165) is 55.1 Å². The van der Waals surface area contributed by atoms with Crippen LogP contribution in [0.1, 0.15) is 37.5 Å². The van der Waals surface area contributed by atoms with Crippen molar-refractivity contribution in [1.29, 1.82) is 5.26 Å². The van der Waals surface area contributed by atoms with Crippen molar-refractivity contribution >= 4 is 43.9 Å². The fraction of sp³-hybridized carbons (Fsp3) is 0.167. The van der Waals surface area contributed by atoms with Gasteiger partial charge in [-0.05, 0) is 53.8 Å². The Hall–Kier alpha value is -4.95. The van der Waals surface area contributed by atoms with Crippen molar-refractivity contribution in [2.45, 2.75) is 33.1 Å². The zero-order valence-electron chi connectivity index (χ0n) is 23.6. The van der Waals surface area contributed by atoms with Crippen LogP contribution in [0, 0.1) is 24.1 Å². The second kappa shape index (κ2) is 8.78. The minimum absolute atomic E-state index is 0.246. The predicted molar refractivity (Wildman–Crippen MR) is 161 cm³/mol. The van der Waals surface area contributed by atoms with E-state index in [1.54, 1.807) is 6.07 Å². The minimum atomic E-state index is -0.329. The van der Waals surface area contributed by atoms with Crippen LogP contribution in [0.3, 0.4) is 0 Å². The van der Waals surface area contributed by atoms with Crippen molar-refractivity contribution in [3.63, 3.8) is 0 Å². The summed E-state index contributed by atoms with van der Waals surface area (Å²) < 4.78 is 30.3. The molecule has 4 nitrogen and oxygen atoms in total. The second-order valence-corrected chi connectivity index (χ2v) is 11.8. The number of hydrogen-bond acceptors (Lipinski definition) is 3. The molecule has 0 aliphatic rings. The van der Waals surface area contributed by atoms with E-state index in [1.165, 1.54) is 0 Å². The van der Waals surface area contributed by atoms with Crippen molar-refractivity contribution in [3.05, 3.63) is 102 Å². The Morgan fingerprint density at radius 2 is 1.46 bits per heavy atom. The molecule has 7 aromatic rings. The fourth-order valence-electron chi connectivity index (χ4n) is 6.01. The zero-order chi connectivity index (χ0) is 28.6. The number of nitriles is 1. The Kier molecular flexibility index (Phi) is 5.36. The van der Waals surface area contributed by atoms with Crippen molar-refractivity contribution in [2.24, 2.45) is 7.05 Å².